The molecule has 27 heavy (non-hydrogen) atoms. The van der Waals surface area contributed by atoms with Crippen LogP contribution in [0.25, 0.3) is 0 Å². The van der Waals surface area contributed by atoms with Crippen LogP contribution < -0.4 is 0 Å². The molecule has 3 aromatic rings. The molecule has 2 aromatic carbocycles. The first-order valence-corrected chi connectivity index (χ1v) is 9.19. The highest BCUT2D eigenvalue weighted by Gasteiger charge is 2.26. The summed E-state index contributed by atoms with van der Waals surface area (Å²) in [6.07, 6.45) is 2.59. The number of likely N-dealkylation sites (tertiary alicyclic amines) is 1. The predicted molar refractivity (Wildman–Crippen MR) is 97.2 cm³/mol. The van der Waals surface area contributed by atoms with Gasteiger partial charge >= 0.3 is 0 Å². The van der Waals surface area contributed by atoms with Crippen LogP contribution in [-0.4, -0.2) is 28.1 Å². The molecule has 0 saturated carbocycles. The van der Waals surface area contributed by atoms with Gasteiger partial charge in [0.15, 0.2) is 5.82 Å². The molecule has 1 fully saturated rings. The smallest absolute Gasteiger partial charge is 0.231 e. The molecule has 1 aliphatic rings. The maximum absolute atomic E-state index is 13.1. The molecule has 0 N–H and O–H groups in total. The van der Waals surface area contributed by atoms with Crippen LogP contribution in [0.3, 0.4) is 0 Å². The average molecular weight is 369 g/mol. The van der Waals surface area contributed by atoms with Gasteiger partial charge in [0.2, 0.25) is 5.89 Å². The van der Waals surface area contributed by atoms with Crippen LogP contribution in [-0.2, 0) is 13.0 Å². The van der Waals surface area contributed by atoms with Crippen molar-refractivity contribution in [3.63, 3.8) is 0 Å². The van der Waals surface area contributed by atoms with E-state index in [1.807, 2.05) is 12.1 Å². The van der Waals surface area contributed by atoms with Gasteiger partial charge in [0.05, 0.1) is 5.92 Å². The summed E-state index contributed by atoms with van der Waals surface area (Å²) in [5, 5.41) is 4.09. The number of aromatic nitrogens is 2. The van der Waals surface area contributed by atoms with Crippen molar-refractivity contribution in [3.8, 4) is 0 Å². The Kier molecular flexibility index (Phi) is 5.25. The minimum absolute atomic E-state index is 0.202. The van der Waals surface area contributed by atoms with Gasteiger partial charge in [-0.2, -0.15) is 4.98 Å². The van der Waals surface area contributed by atoms with E-state index in [0.29, 0.717) is 18.1 Å². The minimum Gasteiger partial charge on any atom is -0.339 e. The van der Waals surface area contributed by atoms with Crippen LogP contribution >= 0.6 is 0 Å². The third kappa shape index (κ3) is 4.57. The molecule has 1 saturated heterocycles. The molecule has 1 aromatic heterocycles. The number of piperidine rings is 1. The molecule has 0 aliphatic carbocycles. The Morgan fingerprint density at radius 2 is 1.63 bits per heavy atom. The van der Waals surface area contributed by atoms with E-state index in [1.54, 1.807) is 12.1 Å². The molecule has 0 bridgehead atoms. The Balaban J connectivity index is 1.38. The van der Waals surface area contributed by atoms with Crippen LogP contribution in [0.4, 0.5) is 8.78 Å². The monoisotopic (exact) mass is 369 g/mol. The third-order valence-electron chi connectivity index (χ3n) is 4.93. The van der Waals surface area contributed by atoms with Crippen LogP contribution in [0.15, 0.2) is 53.1 Å². The van der Waals surface area contributed by atoms with Crippen molar-refractivity contribution < 1.29 is 13.3 Å². The van der Waals surface area contributed by atoms with E-state index < -0.39 is 0 Å². The summed E-state index contributed by atoms with van der Waals surface area (Å²) in [4.78, 5) is 6.90. The lowest BCUT2D eigenvalue weighted by Gasteiger charge is -2.30. The molecule has 1 aliphatic heterocycles. The van der Waals surface area contributed by atoms with Crippen LogP contribution in [0.1, 0.15) is 41.6 Å². The van der Waals surface area contributed by atoms with Gasteiger partial charge in [0.25, 0.3) is 0 Å². The highest BCUT2D eigenvalue weighted by atomic mass is 19.1. The molecule has 0 radical (unpaired) electrons. The SMILES string of the molecule is Fc1ccc(Cc2noc([C@H]3CCCN(Cc4ccc(F)cc4)C3)n2)cc1. The second-order valence-electron chi connectivity index (χ2n) is 7.05. The Hall–Kier alpha value is -2.60. The van der Waals surface area contributed by atoms with Crippen LogP contribution in [0.5, 0.6) is 0 Å². The maximum atomic E-state index is 13.1. The third-order valence-corrected chi connectivity index (χ3v) is 4.93. The molecular weight excluding hydrogens is 348 g/mol. The minimum atomic E-state index is -0.254. The number of nitrogens with zero attached hydrogens (tertiary/aromatic N) is 3. The van der Waals surface area contributed by atoms with E-state index in [-0.39, 0.29) is 17.6 Å². The maximum Gasteiger partial charge on any atom is 0.231 e. The fourth-order valence-electron chi connectivity index (χ4n) is 3.54. The number of hydrogen-bond donors (Lipinski definition) is 0. The van der Waals surface area contributed by atoms with Gasteiger partial charge in [-0.15, -0.1) is 0 Å². The second-order valence-corrected chi connectivity index (χ2v) is 7.05. The van der Waals surface area contributed by atoms with E-state index in [9.17, 15) is 8.78 Å². The van der Waals surface area contributed by atoms with Gasteiger partial charge in [-0.05, 0) is 54.8 Å². The fraction of sp³-hybridized carbons (Fsp3) is 0.333. The summed E-state index contributed by atoms with van der Waals surface area (Å²) in [6.45, 7) is 2.63. The van der Waals surface area contributed by atoms with Gasteiger partial charge in [-0.25, -0.2) is 8.78 Å². The molecule has 1 atom stereocenters. The Labute approximate surface area is 156 Å². The molecule has 0 spiro atoms. The number of hydrogen-bond acceptors (Lipinski definition) is 4. The summed E-state index contributed by atoms with van der Waals surface area (Å²) in [5.74, 6) is 1.02. The van der Waals surface area contributed by atoms with Crippen molar-refractivity contribution in [1.82, 2.24) is 15.0 Å². The van der Waals surface area contributed by atoms with Gasteiger partial charge in [0.1, 0.15) is 11.6 Å². The van der Waals surface area contributed by atoms with Crippen molar-refractivity contribution in [2.24, 2.45) is 0 Å². The van der Waals surface area contributed by atoms with Crippen molar-refractivity contribution in [2.45, 2.75) is 31.7 Å². The number of benzene rings is 2. The van der Waals surface area contributed by atoms with Crippen LogP contribution in [0, 0.1) is 11.6 Å². The summed E-state index contributed by atoms with van der Waals surface area (Å²) >= 11 is 0. The lowest BCUT2D eigenvalue weighted by atomic mass is 9.97. The molecule has 6 heteroatoms. The van der Waals surface area contributed by atoms with Crippen molar-refractivity contribution in [3.05, 3.63) is 83.0 Å². The van der Waals surface area contributed by atoms with E-state index in [1.165, 1.54) is 24.3 Å². The Morgan fingerprint density at radius 1 is 0.963 bits per heavy atom. The molecule has 4 rings (SSSR count). The highest BCUT2D eigenvalue weighted by Crippen LogP contribution is 2.27. The zero-order valence-electron chi connectivity index (χ0n) is 14.9. The van der Waals surface area contributed by atoms with E-state index in [0.717, 1.165) is 43.6 Å². The quantitative estimate of drug-likeness (QED) is 0.672. The highest BCUT2D eigenvalue weighted by molar-refractivity contribution is 5.20. The van der Waals surface area contributed by atoms with Crippen molar-refractivity contribution in [2.75, 3.05) is 13.1 Å². The Morgan fingerprint density at radius 3 is 2.33 bits per heavy atom. The average Bonchev–Trinajstić information content (AvgIpc) is 3.14. The number of halogens is 2. The first kappa shape index (κ1) is 17.8. The van der Waals surface area contributed by atoms with Gasteiger partial charge < -0.3 is 4.52 Å². The topological polar surface area (TPSA) is 42.2 Å². The van der Waals surface area contributed by atoms with E-state index >= 15 is 0 Å². The van der Waals surface area contributed by atoms with Gasteiger partial charge in [-0.1, -0.05) is 29.4 Å². The summed E-state index contributed by atoms with van der Waals surface area (Å²) in [5.41, 5.74) is 2.05. The first-order valence-electron chi connectivity index (χ1n) is 9.19. The van der Waals surface area contributed by atoms with E-state index in [2.05, 4.69) is 15.0 Å². The molecule has 140 valence electrons. The Bertz CT molecular complexity index is 877. The lowest BCUT2D eigenvalue weighted by molar-refractivity contribution is 0.180. The number of rotatable bonds is 5. The predicted octanol–water partition coefficient (Wildman–Crippen LogP) is 4.32. The fourth-order valence-corrected chi connectivity index (χ4v) is 3.54. The molecule has 0 unspecified atom stereocenters. The second kappa shape index (κ2) is 7.96. The lowest BCUT2D eigenvalue weighted by Crippen LogP contribution is -2.34. The molecule has 4 nitrogen and oxygen atoms in total. The van der Waals surface area contributed by atoms with Crippen LogP contribution in [0.2, 0.25) is 0 Å². The standard InChI is InChI=1S/C21H21F2N3O/c22-18-7-3-15(4-8-18)12-20-24-21(27-25-20)17-2-1-11-26(14-17)13-16-5-9-19(23)10-6-16/h3-10,17H,1-2,11-14H2/t17-/m0/s1. The van der Waals surface area contributed by atoms with Gasteiger partial charge in [0, 0.05) is 19.5 Å². The van der Waals surface area contributed by atoms with E-state index in [4.69, 9.17) is 4.52 Å². The largest absolute Gasteiger partial charge is 0.339 e. The van der Waals surface area contributed by atoms with Crippen molar-refractivity contribution in [1.29, 1.82) is 0 Å². The van der Waals surface area contributed by atoms with Gasteiger partial charge in [-0.3, -0.25) is 4.90 Å². The zero-order chi connectivity index (χ0) is 18.6. The molecule has 0 amide bonds. The summed E-state index contributed by atoms with van der Waals surface area (Å²) in [7, 11) is 0. The summed E-state index contributed by atoms with van der Waals surface area (Å²) in [6, 6.07) is 13.0. The molecular formula is C21H21F2N3O. The summed E-state index contributed by atoms with van der Waals surface area (Å²) < 4.78 is 31.6. The van der Waals surface area contributed by atoms with Crippen molar-refractivity contribution >= 4 is 0 Å². The molecule has 2 heterocycles. The first-order chi connectivity index (χ1) is 13.2. The normalized spacial score (nSPS) is 17.9. The zero-order valence-corrected chi connectivity index (χ0v) is 14.9.